The van der Waals surface area contributed by atoms with Gasteiger partial charge in [-0.05, 0) is 37.1 Å². The van der Waals surface area contributed by atoms with Crippen molar-refractivity contribution in [1.29, 1.82) is 0 Å². The van der Waals surface area contributed by atoms with Gasteiger partial charge in [-0.15, -0.1) is 0 Å². The van der Waals surface area contributed by atoms with E-state index in [2.05, 4.69) is 0 Å². The maximum atomic E-state index is 10.4. The Morgan fingerprint density at radius 2 is 1.08 bits per heavy atom. The minimum atomic E-state index is -0.443. The largest absolute Gasteiger partial charge is 0.508 e. The molecule has 128 valence electrons. The topological polar surface area (TPSA) is 80.9 Å². The number of phenols is 4. The highest BCUT2D eigenvalue weighted by Crippen LogP contribution is 2.43. The van der Waals surface area contributed by atoms with Gasteiger partial charge in [-0.3, -0.25) is 0 Å². The van der Waals surface area contributed by atoms with E-state index >= 15 is 0 Å². The van der Waals surface area contributed by atoms with E-state index in [1.165, 1.54) is 24.3 Å². The zero-order valence-corrected chi connectivity index (χ0v) is 14.1. The number of hydrogen-bond acceptors (Lipinski definition) is 4. The summed E-state index contributed by atoms with van der Waals surface area (Å²) in [5.41, 5.74) is 4.18. The van der Waals surface area contributed by atoms with Crippen LogP contribution in [0.3, 0.4) is 0 Å². The number of benzene rings is 3. The number of aromatic hydroxyl groups is 4. The van der Waals surface area contributed by atoms with E-state index < -0.39 is 5.92 Å². The summed E-state index contributed by atoms with van der Waals surface area (Å²) in [5.74, 6) is -0.622. The Bertz CT molecular complexity index is 809. The van der Waals surface area contributed by atoms with Gasteiger partial charge < -0.3 is 20.4 Å². The third-order valence-electron chi connectivity index (χ3n) is 4.39. The van der Waals surface area contributed by atoms with Crippen molar-refractivity contribution in [2.24, 2.45) is 0 Å². The molecule has 0 heterocycles. The quantitative estimate of drug-likeness (QED) is 0.537. The lowest BCUT2D eigenvalue weighted by atomic mass is 9.81. The molecule has 0 unspecified atom stereocenters. The second-order valence-corrected chi connectivity index (χ2v) is 6.28. The lowest BCUT2D eigenvalue weighted by Crippen LogP contribution is -2.06. The molecule has 3 aromatic rings. The lowest BCUT2D eigenvalue weighted by Gasteiger charge is -2.23. The molecule has 0 amide bonds. The van der Waals surface area contributed by atoms with Crippen LogP contribution in [0, 0.1) is 13.8 Å². The van der Waals surface area contributed by atoms with Gasteiger partial charge in [0.15, 0.2) is 0 Å². The van der Waals surface area contributed by atoms with Gasteiger partial charge in [0, 0.05) is 29.2 Å². The molecule has 0 aliphatic carbocycles. The zero-order chi connectivity index (χ0) is 18.1. The summed E-state index contributed by atoms with van der Waals surface area (Å²) in [7, 11) is 0. The first-order valence-corrected chi connectivity index (χ1v) is 7.97. The van der Waals surface area contributed by atoms with Crippen LogP contribution in [0.2, 0.25) is 0 Å². The van der Waals surface area contributed by atoms with Crippen LogP contribution in [-0.2, 0) is 0 Å². The SMILES string of the molecule is Cc1ccc(C(c2ccc(O)cc2O)c2ccc(O)cc2O)c(C)c1. The molecule has 4 N–H and O–H groups in total. The lowest BCUT2D eigenvalue weighted by molar-refractivity contribution is 0.440. The Hall–Kier alpha value is -3.14. The fraction of sp³-hybridized carbons (Fsp3) is 0.143. The Morgan fingerprint density at radius 3 is 1.52 bits per heavy atom. The van der Waals surface area contributed by atoms with Crippen molar-refractivity contribution >= 4 is 0 Å². The van der Waals surface area contributed by atoms with E-state index in [-0.39, 0.29) is 23.0 Å². The molecule has 4 nitrogen and oxygen atoms in total. The first-order chi connectivity index (χ1) is 11.9. The summed E-state index contributed by atoms with van der Waals surface area (Å²) in [6, 6.07) is 14.8. The van der Waals surface area contributed by atoms with Gasteiger partial charge in [-0.25, -0.2) is 0 Å². The second kappa shape index (κ2) is 6.40. The van der Waals surface area contributed by atoms with E-state index in [0.717, 1.165) is 16.7 Å². The van der Waals surface area contributed by atoms with Crippen LogP contribution in [0.25, 0.3) is 0 Å². The molecule has 0 spiro atoms. The van der Waals surface area contributed by atoms with Crippen molar-refractivity contribution in [3.05, 3.63) is 82.4 Å². The van der Waals surface area contributed by atoms with E-state index in [0.29, 0.717) is 11.1 Å². The van der Waals surface area contributed by atoms with E-state index in [9.17, 15) is 20.4 Å². The highest BCUT2D eigenvalue weighted by Gasteiger charge is 2.24. The summed E-state index contributed by atoms with van der Waals surface area (Å²) in [4.78, 5) is 0. The van der Waals surface area contributed by atoms with Gasteiger partial charge in [-0.2, -0.15) is 0 Å². The standard InChI is InChI=1S/C21H20O4/c1-12-3-6-16(13(2)9-12)21(17-7-4-14(22)10-19(17)24)18-8-5-15(23)11-20(18)25/h3-11,21-25H,1-2H3. The molecule has 0 fully saturated rings. The van der Waals surface area contributed by atoms with Crippen LogP contribution < -0.4 is 0 Å². The number of rotatable bonds is 3. The van der Waals surface area contributed by atoms with Crippen LogP contribution in [0.4, 0.5) is 0 Å². The molecular weight excluding hydrogens is 316 g/mol. The van der Waals surface area contributed by atoms with E-state index in [1.807, 2.05) is 32.0 Å². The molecule has 0 saturated carbocycles. The summed E-state index contributed by atoms with van der Waals surface area (Å²) >= 11 is 0. The second-order valence-electron chi connectivity index (χ2n) is 6.28. The molecule has 0 saturated heterocycles. The van der Waals surface area contributed by atoms with Crippen molar-refractivity contribution in [1.82, 2.24) is 0 Å². The first kappa shape index (κ1) is 16.7. The van der Waals surface area contributed by atoms with Crippen molar-refractivity contribution in [3.8, 4) is 23.0 Å². The average Bonchev–Trinajstić information content (AvgIpc) is 2.52. The Kier molecular flexibility index (Phi) is 4.28. The molecule has 25 heavy (non-hydrogen) atoms. The third-order valence-corrected chi connectivity index (χ3v) is 4.39. The number of hydrogen-bond donors (Lipinski definition) is 4. The maximum Gasteiger partial charge on any atom is 0.123 e. The molecule has 3 rings (SSSR count). The molecule has 0 bridgehead atoms. The normalized spacial score (nSPS) is 11.0. The molecule has 0 radical (unpaired) electrons. The maximum absolute atomic E-state index is 10.4. The zero-order valence-electron chi connectivity index (χ0n) is 14.1. The van der Waals surface area contributed by atoms with E-state index in [1.54, 1.807) is 12.1 Å². The van der Waals surface area contributed by atoms with Crippen LogP contribution >= 0.6 is 0 Å². The number of phenolic OH excluding ortho intramolecular Hbond substituents is 4. The minimum absolute atomic E-state index is 0.0319. The summed E-state index contributed by atoms with van der Waals surface area (Å²) in [6.07, 6.45) is 0. The van der Waals surface area contributed by atoms with Crippen LogP contribution in [0.1, 0.15) is 33.7 Å². The van der Waals surface area contributed by atoms with Crippen LogP contribution in [-0.4, -0.2) is 20.4 Å². The van der Waals surface area contributed by atoms with Gasteiger partial charge in [-0.1, -0.05) is 35.9 Å². The fourth-order valence-corrected chi connectivity index (χ4v) is 3.20. The summed E-state index contributed by atoms with van der Waals surface area (Å²) < 4.78 is 0. The molecule has 0 aliphatic rings. The molecule has 3 aromatic carbocycles. The predicted molar refractivity (Wildman–Crippen MR) is 96.4 cm³/mol. The average molecular weight is 336 g/mol. The van der Waals surface area contributed by atoms with Gasteiger partial charge in [0.1, 0.15) is 23.0 Å². The van der Waals surface area contributed by atoms with Crippen molar-refractivity contribution < 1.29 is 20.4 Å². The molecular formula is C21H20O4. The Balaban J connectivity index is 2.27. The van der Waals surface area contributed by atoms with Gasteiger partial charge in [0.05, 0.1) is 0 Å². The molecule has 0 aromatic heterocycles. The molecule has 0 atom stereocenters. The summed E-state index contributed by atoms with van der Waals surface area (Å²) in [5, 5.41) is 40.0. The monoisotopic (exact) mass is 336 g/mol. The predicted octanol–water partition coefficient (Wildman–Crippen LogP) is 4.31. The molecule has 0 aliphatic heterocycles. The molecule has 4 heteroatoms. The van der Waals surface area contributed by atoms with Crippen LogP contribution in [0.5, 0.6) is 23.0 Å². The van der Waals surface area contributed by atoms with E-state index in [4.69, 9.17) is 0 Å². The fourth-order valence-electron chi connectivity index (χ4n) is 3.20. The van der Waals surface area contributed by atoms with Crippen molar-refractivity contribution in [3.63, 3.8) is 0 Å². The highest BCUT2D eigenvalue weighted by molar-refractivity contribution is 5.56. The van der Waals surface area contributed by atoms with Gasteiger partial charge >= 0.3 is 0 Å². The Labute approximate surface area is 146 Å². The highest BCUT2D eigenvalue weighted by atomic mass is 16.3. The Morgan fingerprint density at radius 1 is 0.600 bits per heavy atom. The van der Waals surface area contributed by atoms with Crippen molar-refractivity contribution in [2.75, 3.05) is 0 Å². The first-order valence-electron chi connectivity index (χ1n) is 7.97. The smallest absolute Gasteiger partial charge is 0.123 e. The van der Waals surface area contributed by atoms with Crippen LogP contribution in [0.15, 0.2) is 54.6 Å². The number of aryl methyl sites for hydroxylation is 2. The third kappa shape index (κ3) is 3.24. The van der Waals surface area contributed by atoms with Gasteiger partial charge in [0.2, 0.25) is 0 Å². The van der Waals surface area contributed by atoms with Gasteiger partial charge in [0.25, 0.3) is 0 Å². The summed E-state index contributed by atoms with van der Waals surface area (Å²) in [6.45, 7) is 3.98. The minimum Gasteiger partial charge on any atom is -0.508 e. The van der Waals surface area contributed by atoms with Crippen molar-refractivity contribution in [2.45, 2.75) is 19.8 Å².